The minimum atomic E-state index is -1.55. The Kier molecular flexibility index (Phi) is 22.9. The summed E-state index contributed by atoms with van der Waals surface area (Å²) in [6, 6.07) is 12.0. The normalized spacial score (nSPS) is 14.8. The number of hydrogen-bond donors (Lipinski definition) is 15. The molecule has 0 fully saturated rings. The Labute approximate surface area is 549 Å². The van der Waals surface area contributed by atoms with Gasteiger partial charge in [-0.3, -0.25) is 43.2 Å². The molecule has 8 rings (SSSR count). The van der Waals surface area contributed by atoms with Crippen LogP contribution in [0, 0.1) is 11.8 Å². The Hall–Kier alpha value is -10.2. The molecule has 498 valence electrons. The average molecular weight is 1330 g/mol. The van der Waals surface area contributed by atoms with Gasteiger partial charge in [-0.2, -0.15) is 11.8 Å². The molecule has 0 unspecified atom stereocenters. The van der Waals surface area contributed by atoms with Crippen molar-refractivity contribution in [3.05, 3.63) is 131 Å². The van der Waals surface area contributed by atoms with E-state index in [0.29, 0.717) is 33.7 Å². The van der Waals surface area contributed by atoms with Crippen LogP contribution in [0.15, 0.2) is 97.6 Å². The van der Waals surface area contributed by atoms with E-state index in [-0.39, 0.29) is 83.8 Å². The summed E-state index contributed by atoms with van der Waals surface area (Å²) in [4.78, 5) is 146. The third kappa shape index (κ3) is 17.1. The van der Waals surface area contributed by atoms with E-state index in [0.717, 1.165) is 10.9 Å². The van der Waals surface area contributed by atoms with Gasteiger partial charge in [0.25, 0.3) is 0 Å². The number of amides is 9. The predicted octanol–water partition coefficient (Wildman–Crippen LogP) is 2.26. The summed E-state index contributed by atoms with van der Waals surface area (Å²) in [5.41, 5.74) is 13.0. The number of phenolic OH excluding ortho intramolecular Hbond substituents is 2. The molecule has 0 saturated carbocycles. The number of H-pyrrole nitrogens is 2. The average Bonchev–Trinajstić information content (AvgIpc) is 1.54. The Bertz CT molecular complexity index is 3810. The first-order valence-corrected chi connectivity index (χ1v) is 32.0. The molecule has 9 amide bonds. The van der Waals surface area contributed by atoms with E-state index in [1.807, 2.05) is 38.3 Å². The topological polar surface area (TPSA) is 434 Å². The number of carbonyl (C=O) groups is 10. The second-order valence-corrected chi connectivity index (χ2v) is 25.0. The number of nitrogens with zero attached hydrogens (tertiary/aromatic N) is 1. The Morgan fingerprint density at radius 3 is 1.95 bits per heavy atom. The maximum Gasteiger partial charge on any atom is 0.340 e. The van der Waals surface area contributed by atoms with Crippen molar-refractivity contribution in [3.8, 4) is 23.0 Å². The number of nitrogens with one attached hydrogen (secondary N) is 11. The molecule has 0 saturated heterocycles. The molecule has 2 aromatic heterocycles. The van der Waals surface area contributed by atoms with E-state index >= 15 is 0 Å². The maximum atomic E-state index is 14.5. The van der Waals surface area contributed by atoms with Gasteiger partial charge >= 0.3 is 5.97 Å². The quantitative estimate of drug-likeness (QED) is 0.0227. The minimum Gasteiger partial charge on any atom is -0.508 e. The number of primary amides is 2. The lowest BCUT2D eigenvalue weighted by molar-refractivity contribution is -0.135. The van der Waals surface area contributed by atoms with Crippen LogP contribution in [-0.4, -0.2) is 150 Å². The lowest BCUT2D eigenvalue weighted by Crippen LogP contribution is -2.59. The van der Waals surface area contributed by atoms with Gasteiger partial charge in [-0.05, 0) is 110 Å². The van der Waals surface area contributed by atoms with Crippen LogP contribution in [0.25, 0.3) is 10.9 Å². The molecular weight excluding hydrogens is 1250 g/mol. The number of anilines is 1. The van der Waals surface area contributed by atoms with Gasteiger partial charge in [0.05, 0.1) is 18.4 Å². The predicted molar refractivity (Wildman–Crippen MR) is 351 cm³/mol. The van der Waals surface area contributed by atoms with Crippen LogP contribution < -0.4 is 64.1 Å². The van der Waals surface area contributed by atoms with Crippen LogP contribution in [0.5, 0.6) is 23.0 Å². The van der Waals surface area contributed by atoms with Crippen molar-refractivity contribution in [1.29, 1.82) is 0 Å². The number of fused-ring (bicyclic) bond motifs is 7. The summed E-state index contributed by atoms with van der Waals surface area (Å²) < 4.78 is 12.2. The molecule has 0 radical (unpaired) electrons. The number of thiocarbonyl (C=S) groups is 1. The second kappa shape index (κ2) is 30.9. The highest BCUT2D eigenvalue weighted by Crippen LogP contribution is 2.57. The zero-order valence-electron chi connectivity index (χ0n) is 52.3. The first-order valence-electron chi connectivity index (χ1n) is 30.2. The fourth-order valence-electron chi connectivity index (χ4n) is 11.0. The molecule has 30 heteroatoms. The molecule has 0 aliphatic carbocycles. The van der Waals surface area contributed by atoms with Gasteiger partial charge in [0.2, 0.25) is 53.2 Å². The molecule has 7 atom stereocenters. The van der Waals surface area contributed by atoms with Crippen LogP contribution in [-0.2, 0) is 66.3 Å². The van der Waals surface area contributed by atoms with E-state index in [2.05, 4.69) is 62.8 Å². The molecule has 6 aromatic rings. The van der Waals surface area contributed by atoms with Gasteiger partial charge < -0.3 is 89.0 Å². The molecule has 28 nitrogen and oxygen atoms in total. The summed E-state index contributed by atoms with van der Waals surface area (Å²) >= 11 is 7.16. The monoisotopic (exact) mass is 1330 g/mol. The van der Waals surface area contributed by atoms with Crippen molar-refractivity contribution in [3.63, 3.8) is 0 Å². The third-order valence-electron chi connectivity index (χ3n) is 15.7. The Balaban J connectivity index is 0.927. The molecule has 4 aromatic carbocycles. The number of aromatic amines is 2. The lowest BCUT2D eigenvalue weighted by Gasteiger charge is -2.36. The first kappa shape index (κ1) is 69.7. The van der Waals surface area contributed by atoms with Crippen molar-refractivity contribution in [2.45, 2.75) is 121 Å². The highest BCUT2D eigenvalue weighted by atomic mass is 32.2. The number of benzene rings is 4. The molecule has 17 N–H and O–H groups in total. The van der Waals surface area contributed by atoms with Crippen LogP contribution in [0.1, 0.15) is 98.6 Å². The number of carbonyl (C=O) groups excluding carboxylic acids is 10. The van der Waals surface area contributed by atoms with E-state index in [1.165, 1.54) is 61.5 Å². The zero-order chi connectivity index (χ0) is 68.1. The van der Waals surface area contributed by atoms with Crippen LogP contribution >= 0.6 is 24.0 Å². The van der Waals surface area contributed by atoms with Gasteiger partial charge in [-0.15, -0.1) is 0 Å². The van der Waals surface area contributed by atoms with Gasteiger partial charge in [0.1, 0.15) is 65.3 Å². The summed E-state index contributed by atoms with van der Waals surface area (Å²) in [7, 11) is 0. The van der Waals surface area contributed by atoms with Gasteiger partial charge in [-0.25, -0.2) is 9.78 Å². The first-order chi connectivity index (χ1) is 44.7. The van der Waals surface area contributed by atoms with Gasteiger partial charge in [0.15, 0.2) is 10.7 Å². The number of rotatable bonds is 30. The van der Waals surface area contributed by atoms with Crippen molar-refractivity contribution in [1.82, 2.24) is 57.5 Å². The van der Waals surface area contributed by atoms with Crippen LogP contribution in [0.2, 0.25) is 0 Å². The summed E-state index contributed by atoms with van der Waals surface area (Å²) in [6.07, 6.45) is 6.02. The summed E-state index contributed by atoms with van der Waals surface area (Å²) in [6.45, 7) is 7.65. The number of ether oxygens (including phenoxy) is 2. The fourth-order valence-corrected chi connectivity index (χ4v) is 11.7. The second-order valence-electron chi connectivity index (χ2n) is 23.6. The highest BCUT2D eigenvalue weighted by Gasteiger charge is 2.54. The standard InChI is InChI=1S/C64H76N14O14S2/c1-31(2)21-47(59(87)74-45(55(66)83)19-20-94-6)75-60(88)49(24-36-28-67-30-70-36)73-53(82)29-69-61(89)54(32(3)4)78-56(84)33(5)71-58(86)48(22-34-27-68-44-10-8-7-9-39(34)44)76-57(85)46(17-18-52(65)81)77-63(93)72-35-11-14-41-40(23-35)62(90)92-64(41)42-15-12-37(79)25-50(42)91-51-26-38(80)13-16-43(51)64/h7-16,23,25-28,30-33,45-49,54,68,79-80H,17-22,24,29H2,1-6H3,(H2,65,81)(H2,66,83)(H,67,70)(H,69,89)(H,71,86)(H,73,82)(H,74,87)(H,75,88)(H,76,85)(H,78,84)(H2,72,77,93)/t33-,45+,46-,47-,48-,49-,54-/m0/s1. The highest BCUT2D eigenvalue weighted by molar-refractivity contribution is 7.98. The maximum absolute atomic E-state index is 14.5. The number of thioether (sulfide) groups is 1. The molecular formula is C64H76N14O14S2. The molecule has 2 aliphatic heterocycles. The number of imidazole rings is 1. The van der Waals surface area contributed by atoms with E-state index in [9.17, 15) is 58.2 Å². The SMILES string of the molecule is CSCC[C@@H](NC(=O)[C@H](CC(C)C)NC(=O)[C@H](Cc1cnc[nH]1)NC(=O)CNC(=O)[C@@H](NC(=O)[C@H](C)NC(=O)[C@H](Cc1c[nH]c2ccccc12)NC(=O)[C@H](CCC(N)=O)NC(=S)Nc1ccc2c(c1)C(=O)OC21c2ccc(O)cc2Oc2cc(O)ccc21)C(C)C)C(N)=O. The summed E-state index contributed by atoms with van der Waals surface area (Å²) in [5.74, 6) is -7.65. The fraction of sp³-hybridized carbons (Fsp3) is 0.375. The Morgan fingerprint density at radius 1 is 0.681 bits per heavy atom. The number of para-hydroxylation sites is 1. The molecule has 94 heavy (non-hydrogen) atoms. The van der Waals surface area contributed by atoms with Gasteiger partial charge in [0, 0.05) is 82.8 Å². The van der Waals surface area contributed by atoms with Crippen LogP contribution in [0.3, 0.4) is 0 Å². The molecule has 4 heterocycles. The zero-order valence-corrected chi connectivity index (χ0v) is 53.9. The smallest absolute Gasteiger partial charge is 0.340 e. The largest absolute Gasteiger partial charge is 0.508 e. The molecule has 1 spiro atoms. The summed E-state index contributed by atoms with van der Waals surface area (Å²) in [5, 5.41) is 45.6. The minimum absolute atomic E-state index is 0.0936. The number of phenols is 2. The van der Waals surface area contributed by atoms with Crippen molar-refractivity contribution < 1.29 is 67.6 Å². The van der Waals surface area contributed by atoms with E-state index in [1.54, 1.807) is 50.4 Å². The van der Waals surface area contributed by atoms with Gasteiger partial charge in [-0.1, -0.05) is 52.0 Å². The number of aromatic hydroxyl groups is 2. The third-order valence-corrected chi connectivity index (χ3v) is 16.6. The number of esters is 1. The number of nitrogens with two attached hydrogens (primary N) is 2. The Morgan fingerprint density at radius 2 is 1.31 bits per heavy atom. The van der Waals surface area contributed by atoms with Crippen molar-refractivity contribution in [2.24, 2.45) is 23.3 Å². The van der Waals surface area contributed by atoms with Crippen LogP contribution in [0.4, 0.5) is 5.69 Å². The molecule has 2 aliphatic rings. The van der Waals surface area contributed by atoms with E-state index in [4.69, 9.17) is 33.2 Å². The van der Waals surface area contributed by atoms with Crippen molar-refractivity contribution >= 4 is 105 Å². The number of hydrogen-bond acceptors (Lipinski definition) is 17. The lowest BCUT2D eigenvalue weighted by atomic mass is 9.77. The van der Waals surface area contributed by atoms with Crippen molar-refractivity contribution in [2.75, 3.05) is 23.9 Å². The number of aromatic nitrogens is 3. The van der Waals surface area contributed by atoms with E-state index < -0.39 is 119 Å². The molecule has 0 bridgehead atoms.